The first-order chi connectivity index (χ1) is 8.69. The van der Waals surface area contributed by atoms with Crippen LogP contribution in [0.15, 0.2) is 24.3 Å². The molecule has 0 aromatic heterocycles. The molecule has 2 atom stereocenters. The highest BCUT2D eigenvalue weighted by Gasteiger charge is 2.35. The first-order valence-corrected chi connectivity index (χ1v) is 7.99. The van der Waals surface area contributed by atoms with E-state index >= 15 is 0 Å². The van der Waals surface area contributed by atoms with Crippen LogP contribution in [0.1, 0.15) is 31.9 Å². The van der Waals surface area contributed by atoms with Crippen LogP contribution in [-0.2, 0) is 21.2 Å². The van der Waals surface area contributed by atoms with Crippen molar-refractivity contribution in [3.05, 3.63) is 35.4 Å². The van der Waals surface area contributed by atoms with E-state index in [-0.39, 0.29) is 0 Å². The summed E-state index contributed by atoms with van der Waals surface area (Å²) >= 11 is 0. The molecule has 1 aromatic carbocycles. The topological polar surface area (TPSA) is 30.5 Å². The molecule has 1 aromatic rings. The molecule has 2 rings (SSSR count). The summed E-state index contributed by atoms with van der Waals surface area (Å²) in [7, 11) is -0.817. The molecule has 0 aliphatic carbocycles. The van der Waals surface area contributed by atoms with E-state index in [1.165, 1.54) is 11.1 Å². The molecule has 3 nitrogen and oxygen atoms in total. The van der Waals surface area contributed by atoms with Crippen molar-refractivity contribution in [2.75, 3.05) is 19.3 Å². The summed E-state index contributed by atoms with van der Waals surface area (Å²) in [5.41, 5.74) is 2.21. The van der Waals surface area contributed by atoms with Crippen LogP contribution < -0.4 is 5.32 Å². The monoisotopic (exact) mass is 267 g/mol. The lowest BCUT2D eigenvalue weighted by Gasteiger charge is -2.38. The normalized spacial score (nSPS) is 24.6. The Morgan fingerprint density at radius 3 is 2.83 bits per heavy atom. The second-order valence-electron chi connectivity index (χ2n) is 4.53. The quantitative estimate of drug-likeness (QED) is 0.829. The van der Waals surface area contributed by atoms with Gasteiger partial charge in [-0.15, -0.1) is 0 Å². The van der Waals surface area contributed by atoms with Gasteiger partial charge < -0.3 is 9.05 Å². The summed E-state index contributed by atoms with van der Waals surface area (Å²) in [6.45, 7) is 7.89. The molecule has 0 spiro atoms. The Morgan fingerprint density at radius 2 is 2.11 bits per heavy atom. The number of rotatable bonds is 5. The van der Waals surface area contributed by atoms with E-state index in [2.05, 4.69) is 43.4 Å². The smallest absolute Gasteiger partial charge is 0.172 e. The second-order valence-corrected chi connectivity index (χ2v) is 6.26. The molecule has 0 amide bonds. The van der Waals surface area contributed by atoms with Crippen LogP contribution in [0.5, 0.6) is 0 Å². The van der Waals surface area contributed by atoms with Crippen molar-refractivity contribution in [1.82, 2.24) is 5.32 Å². The second kappa shape index (κ2) is 6.12. The molecule has 0 radical (unpaired) electrons. The van der Waals surface area contributed by atoms with Gasteiger partial charge in [0.2, 0.25) is 0 Å². The maximum absolute atomic E-state index is 6.23. The third-order valence-corrected chi connectivity index (χ3v) is 4.84. The molecule has 2 unspecified atom stereocenters. The third-order valence-electron chi connectivity index (χ3n) is 3.20. The zero-order valence-corrected chi connectivity index (χ0v) is 12.3. The number of benzene rings is 1. The van der Waals surface area contributed by atoms with Crippen LogP contribution in [-0.4, -0.2) is 19.3 Å². The number of hydrogen-bond donors (Lipinski definition) is 1. The predicted octanol–water partition coefficient (Wildman–Crippen LogP) is 3.39. The third kappa shape index (κ3) is 2.92. The highest BCUT2D eigenvalue weighted by Crippen LogP contribution is 2.46. The summed E-state index contributed by atoms with van der Waals surface area (Å²) in [6.07, 6.45) is 1.98. The summed E-state index contributed by atoms with van der Waals surface area (Å²) in [5.74, 6) is 0. The molecule has 1 aliphatic heterocycles. The Bertz CT molecular complexity index is 399. The number of nitrogens with one attached hydrogen (secondary N) is 1. The lowest BCUT2D eigenvalue weighted by Crippen LogP contribution is -2.46. The molecule has 1 aliphatic rings. The van der Waals surface area contributed by atoms with Gasteiger partial charge in [-0.2, -0.15) is 0 Å². The molecule has 0 bridgehead atoms. The van der Waals surface area contributed by atoms with Crippen LogP contribution >= 0.6 is 8.38 Å². The zero-order chi connectivity index (χ0) is 13.0. The zero-order valence-electron chi connectivity index (χ0n) is 11.4. The first-order valence-electron chi connectivity index (χ1n) is 6.62. The fourth-order valence-electron chi connectivity index (χ4n) is 2.35. The highest BCUT2D eigenvalue weighted by molar-refractivity contribution is 7.47. The molecular weight excluding hydrogens is 245 g/mol. The van der Waals surface area contributed by atoms with Crippen molar-refractivity contribution in [3.63, 3.8) is 0 Å². The van der Waals surface area contributed by atoms with Crippen LogP contribution in [0, 0.1) is 0 Å². The van der Waals surface area contributed by atoms with Gasteiger partial charge in [-0.25, -0.2) is 0 Å². The van der Waals surface area contributed by atoms with Gasteiger partial charge in [-0.3, -0.25) is 5.32 Å². The summed E-state index contributed by atoms with van der Waals surface area (Å²) in [4.78, 5) is 0. The van der Waals surface area contributed by atoms with E-state index in [0.29, 0.717) is 6.61 Å². The van der Waals surface area contributed by atoms with Crippen molar-refractivity contribution in [2.24, 2.45) is 0 Å². The molecule has 0 saturated carbocycles. The Labute approximate surface area is 111 Å². The van der Waals surface area contributed by atoms with Crippen molar-refractivity contribution in [1.29, 1.82) is 0 Å². The van der Waals surface area contributed by atoms with E-state index in [1.54, 1.807) is 0 Å². The SMILES string of the molecule is CCOP(CC)OC1(C)NCCc2ccccc21. The minimum absolute atomic E-state index is 0.411. The van der Waals surface area contributed by atoms with Crippen LogP contribution in [0.4, 0.5) is 0 Å². The van der Waals surface area contributed by atoms with Gasteiger partial charge in [-0.1, -0.05) is 31.2 Å². The van der Waals surface area contributed by atoms with Crippen molar-refractivity contribution >= 4 is 8.38 Å². The van der Waals surface area contributed by atoms with Gasteiger partial charge in [0.25, 0.3) is 0 Å². The van der Waals surface area contributed by atoms with Gasteiger partial charge in [0.05, 0.1) is 6.61 Å². The van der Waals surface area contributed by atoms with Crippen molar-refractivity contribution in [2.45, 2.75) is 32.9 Å². The molecule has 0 fully saturated rings. The van der Waals surface area contributed by atoms with Crippen molar-refractivity contribution in [3.8, 4) is 0 Å². The van der Waals surface area contributed by atoms with Gasteiger partial charge >= 0.3 is 0 Å². The van der Waals surface area contributed by atoms with E-state index in [1.807, 2.05) is 6.92 Å². The first kappa shape index (κ1) is 14.0. The average Bonchev–Trinajstić information content (AvgIpc) is 2.39. The van der Waals surface area contributed by atoms with Crippen LogP contribution in [0.25, 0.3) is 0 Å². The van der Waals surface area contributed by atoms with Crippen LogP contribution in [0.2, 0.25) is 0 Å². The predicted molar refractivity (Wildman–Crippen MR) is 75.7 cm³/mol. The van der Waals surface area contributed by atoms with Crippen LogP contribution in [0.3, 0.4) is 0 Å². The Kier molecular flexibility index (Phi) is 4.74. The maximum Gasteiger partial charge on any atom is 0.172 e. The standard InChI is InChI=1S/C14H22NO2P/c1-4-16-18(5-2)17-14(3)13-9-7-6-8-12(13)10-11-15-14/h6-9,15H,4-5,10-11H2,1-3H3. The largest absolute Gasteiger partial charge is 0.334 e. The summed E-state index contributed by atoms with van der Waals surface area (Å²) in [5, 5.41) is 3.49. The molecular formula is C14H22NO2P. The Morgan fingerprint density at radius 1 is 1.33 bits per heavy atom. The fourth-order valence-corrected chi connectivity index (χ4v) is 3.57. The molecule has 4 heteroatoms. The van der Waals surface area contributed by atoms with Gasteiger partial charge in [0, 0.05) is 18.3 Å². The number of hydrogen-bond acceptors (Lipinski definition) is 3. The van der Waals surface area contributed by atoms with E-state index in [4.69, 9.17) is 9.05 Å². The molecule has 18 heavy (non-hydrogen) atoms. The summed E-state index contributed by atoms with van der Waals surface area (Å²) in [6, 6.07) is 8.50. The highest BCUT2D eigenvalue weighted by atomic mass is 31.2. The molecule has 100 valence electrons. The summed E-state index contributed by atoms with van der Waals surface area (Å²) < 4.78 is 11.9. The minimum Gasteiger partial charge on any atom is -0.334 e. The van der Waals surface area contributed by atoms with Gasteiger partial charge in [-0.05, 0) is 25.8 Å². The van der Waals surface area contributed by atoms with E-state index in [0.717, 1.165) is 19.1 Å². The van der Waals surface area contributed by atoms with Crippen molar-refractivity contribution < 1.29 is 9.05 Å². The fraction of sp³-hybridized carbons (Fsp3) is 0.571. The Balaban J connectivity index is 2.21. The van der Waals surface area contributed by atoms with Gasteiger partial charge in [0.1, 0.15) is 5.72 Å². The number of fused-ring (bicyclic) bond motifs is 1. The van der Waals surface area contributed by atoms with E-state index < -0.39 is 14.1 Å². The average molecular weight is 267 g/mol. The molecule has 1 N–H and O–H groups in total. The lowest BCUT2D eigenvalue weighted by atomic mass is 9.93. The lowest BCUT2D eigenvalue weighted by molar-refractivity contribution is 0.0385. The maximum atomic E-state index is 6.23. The molecule has 0 saturated heterocycles. The van der Waals surface area contributed by atoms with Gasteiger partial charge in [0.15, 0.2) is 8.38 Å². The molecule has 1 heterocycles. The Hall–Kier alpha value is -0.470. The van der Waals surface area contributed by atoms with E-state index in [9.17, 15) is 0 Å². The minimum atomic E-state index is -0.817.